The number of aromatic nitrogens is 3. The zero-order valence-corrected chi connectivity index (χ0v) is 12.8. The number of ether oxygens (including phenoxy) is 1. The molecule has 4 nitrogen and oxygen atoms in total. The number of hydrogen-bond acceptors (Lipinski definition) is 4. The van der Waals surface area contributed by atoms with Gasteiger partial charge in [-0.05, 0) is 30.5 Å². The lowest BCUT2D eigenvalue weighted by atomic mass is 10.3. The quantitative estimate of drug-likeness (QED) is 0.673. The van der Waals surface area contributed by atoms with E-state index < -0.39 is 5.82 Å². The summed E-state index contributed by atoms with van der Waals surface area (Å²) in [5.74, 6) is 0.438. The maximum Gasteiger partial charge on any atom is 0.195 e. The van der Waals surface area contributed by atoms with Crippen LogP contribution < -0.4 is 4.74 Å². The molecule has 2 aromatic carbocycles. The molecule has 0 aliphatic rings. The molecule has 3 aromatic rings. The molecule has 0 N–H and O–H groups in total. The van der Waals surface area contributed by atoms with Gasteiger partial charge in [-0.1, -0.05) is 42.1 Å². The van der Waals surface area contributed by atoms with Crippen LogP contribution in [0, 0.1) is 5.82 Å². The average molecular weight is 315 g/mol. The van der Waals surface area contributed by atoms with Crippen molar-refractivity contribution in [3.05, 3.63) is 66.2 Å². The minimum Gasteiger partial charge on any atom is -0.483 e. The summed E-state index contributed by atoms with van der Waals surface area (Å²) >= 11 is 1.50. The van der Waals surface area contributed by atoms with Crippen LogP contribution in [0.2, 0.25) is 0 Å². The molecule has 0 aliphatic carbocycles. The van der Waals surface area contributed by atoms with Crippen LogP contribution in [0.5, 0.6) is 5.75 Å². The second-order valence-electron chi connectivity index (χ2n) is 4.49. The fourth-order valence-electron chi connectivity index (χ4n) is 2.07. The molecule has 0 aliphatic heterocycles. The van der Waals surface area contributed by atoms with Crippen LogP contribution in [-0.2, 0) is 6.61 Å². The van der Waals surface area contributed by atoms with E-state index in [1.165, 1.54) is 17.8 Å². The highest BCUT2D eigenvalue weighted by molar-refractivity contribution is 7.98. The van der Waals surface area contributed by atoms with Gasteiger partial charge in [0.15, 0.2) is 22.5 Å². The molecule has 3 rings (SSSR count). The summed E-state index contributed by atoms with van der Waals surface area (Å²) in [6.07, 6.45) is 1.94. The fourth-order valence-corrected chi connectivity index (χ4v) is 2.58. The third-order valence-electron chi connectivity index (χ3n) is 3.09. The first-order chi connectivity index (χ1) is 10.8. The molecule has 0 fully saturated rings. The maximum absolute atomic E-state index is 13.6. The van der Waals surface area contributed by atoms with Gasteiger partial charge in [0.1, 0.15) is 6.61 Å². The average Bonchev–Trinajstić information content (AvgIpc) is 2.98. The van der Waals surface area contributed by atoms with E-state index in [9.17, 15) is 4.39 Å². The summed E-state index contributed by atoms with van der Waals surface area (Å²) < 4.78 is 21.1. The van der Waals surface area contributed by atoms with Crippen molar-refractivity contribution in [2.45, 2.75) is 11.8 Å². The van der Waals surface area contributed by atoms with Gasteiger partial charge in [0.25, 0.3) is 0 Å². The summed E-state index contributed by atoms with van der Waals surface area (Å²) in [5, 5.41) is 9.06. The van der Waals surface area contributed by atoms with Crippen LogP contribution in [-0.4, -0.2) is 21.0 Å². The molecule has 6 heteroatoms. The summed E-state index contributed by atoms with van der Waals surface area (Å²) in [6.45, 7) is 0.142. The third kappa shape index (κ3) is 2.96. The molecule has 0 amide bonds. The molecule has 112 valence electrons. The number of benzene rings is 2. The van der Waals surface area contributed by atoms with Gasteiger partial charge >= 0.3 is 0 Å². The molecular formula is C16H14FN3OS. The Balaban J connectivity index is 1.89. The van der Waals surface area contributed by atoms with Gasteiger partial charge in [-0.25, -0.2) is 4.39 Å². The Labute approximate surface area is 132 Å². The number of nitrogens with zero attached hydrogens (tertiary/aromatic N) is 3. The van der Waals surface area contributed by atoms with Crippen molar-refractivity contribution in [2.75, 3.05) is 6.26 Å². The monoisotopic (exact) mass is 315 g/mol. The predicted octanol–water partition coefficient (Wildman–Crippen LogP) is 3.71. The molecule has 0 radical (unpaired) electrons. The molecule has 0 saturated carbocycles. The highest BCUT2D eigenvalue weighted by Crippen LogP contribution is 2.22. The normalized spacial score (nSPS) is 10.6. The van der Waals surface area contributed by atoms with Gasteiger partial charge in [0, 0.05) is 5.69 Å². The first kappa shape index (κ1) is 14.6. The maximum atomic E-state index is 13.6. The molecule has 1 heterocycles. The first-order valence-corrected chi connectivity index (χ1v) is 7.93. The van der Waals surface area contributed by atoms with Crippen molar-refractivity contribution < 1.29 is 9.13 Å². The molecule has 22 heavy (non-hydrogen) atoms. The van der Waals surface area contributed by atoms with E-state index in [-0.39, 0.29) is 12.4 Å². The largest absolute Gasteiger partial charge is 0.483 e. The van der Waals surface area contributed by atoms with E-state index in [4.69, 9.17) is 4.74 Å². The van der Waals surface area contributed by atoms with Crippen molar-refractivity contribution in [3.8, 4) is 11.4 Å². The molecule has 1 aromatic heterocycles. The number of para-hydroxylation sites is 2. The van der Waals surface area contributed by atoms with Gasteiger partial charge in [-0.3, -0.25) is 4.57 Å². The highest BCUT2D eigenvalue weighted by Gasteiger charge is 2.14. The van der Waals surface area contributed by atoms with E-state index in [0.29, 0.717) is 5.82 Å². The van der Waals surface area contributed by atoms with Crippen molar-refractivity contribution >= 4 is 11.8 Å². The van der Waals surface area contributed by atoms with Crippen molar-refractivity contribution in [2.24, 2.45) is 0 Å². The predicted molar refractivity (Wildman–Crippen MR) is 83.9 cm³/mol. The van der Waals surface area contributed by atoms with Crippen LogP contribution in [0.15, 0.2) is 59.8 Å². The number of hydrogen-bond donors (Lipinski definition) is 0. The van der Waals surface area contributed by atoms with E-state index in [1.807, 2.05) is 41.2 Å². The van der Waals surface area contributed by atoms with Crippen LogP contribution in [0.1, 0.15) is 5.82 Å². The molecule has 0 saturated heterocycles. The van der Waals surface area contributed by atoms with E-state index >= 15 is 0 Å². The van der Waals surface area contributed by atoms with E-state index in [1.54, 1.807) is 18.2 Å². The molecule has 0 spiro atoms. The van der Waals surface area contributed by atoms with Crippen molar-refractivity contribution in [1.82, 2.24) is 14.8 Å². The van der Waals surface area contributed by atoms with Crippen LogP contribution >= 0.6 is 11.8 Å². The Kier molecular flexibility index (Phi) is 4.39. The Morgan fingerprint density at radius 3 is 2.50 bits per heavy atom. The Morgan fingerprint density at radius 1 is 1.05 bits per heavy atom. The minimum atomic E-state index is -0.390. The van der Waals surface area contributed by atoms with Gasteiger partial charge < -0.3 is 4.74 Å². The van der Waals surface area contributed by atoms with Crippen LogP contribution in [0.4, 0.5) is 4.39 Å². The van der Waals surface area contributed by atoms with Gasteiger partial charge in [0.05, 0.1) is 0 Å². The minimum absolute atomic E-state index is 0.142. The second-order valence-corrected chi connectivity index (χ2v) is 5.27. The fraction of sp³-hybridized carbons (Fsp3) is 0.125. The van der Waals surface area contributed by atoms with Crippen molar-refractivity contribution in [1.29, 1.82) is 0 Å². The summed E-state index contributed by atoms with van der Waals surface area (Å²) in [5.41, 5.74) is 0.948. The smallest absolute Gasteiger partial charge is 0.195 e. The van der Waals surface area contributed by atoms with Crippen LogP contribution in [0.3, 0.4) is 0 Å². The summed E-state index contributed by atoms with van der Waals surface area (Å²) in [4.78, 5) is 0. The van der Waals surface area contributed by atoms with E-state index in [0.717, 1.165) is 10.8 Å². The number of halogens is 1. The Bertz CT molecular complexity index is 761. The zero-order valence-electron chi connectivity index (χ0n) is 11.9. The molecule has 0 bridgehead atoms. The molecule has 0 unspecified atom stereocenters. The third-order valence-corrected chi connectivity index (χ3v) is 3.72. The van der Waals surface area contributed by atoms with Gasteiger partial charge in [-0.15, -0.1) is 10.2 Å². The SMILES string of the molecule is CSc1nnc(COc2ccccc2F)n1-c1ccccc1. The Morgan fingerprint density at radius 2 is 1.77 bits per heavy atom. The Hall–Kier alpha value is -2.34. The van der Waals surface area contributed by atoms with Gasteiger partial charge in [-0.2, -0.15) is 0 Å². The molecule has 0 atom stereocenters. The standard InChI is InChI=1S/C16H14FN3OS/c1-22-16-19-18-15(20(16)12-7-3-2-4-8-12)11-21-14-10-6-5-9-13(14)17/h2-10H,11H2,1H3. The lowest BCUT2D eigenvalue weighted by Crippen LogP contribution is -2.07. The second kappa shape index (κ2) is 6.62. The summed E-state index contributed by atoms with van der Waals surface area (Å²) in [7, 11) is 0. The zero-order chi connectivity index (χ0) is 15.4. The lowest BCUT2D eigenvalue weighted by molar-refractivity contribution is 0.278. The highest BCUT2D eigenvalue weighted by atomic mass is 32.2. The summed E-state index contributed by atoms with van der Waals surface area (Å²) in [6, 6.07) is 16.1. The molecular weight excluding hydrogens is 301 g/mol. The lowest BCUT2D eigenvalue weighted by Gasteiger charge is -2.10. The van der Waals surface area contributed by atoms with Gasteiger partial charge in [0.2, 0.25) is 0 Å². The first-order valence-electron chi connectivity index (χ1n) is 6.70. The number of thioether (sulfide) groups is 1. The van der Waals surface area contributed by atoms with Crippen molar-refractivity contribution in [3.63, 3.8) is 0 Å². The number of rotatable bonds is 5. The van der Waals surface area contributed by atoms with E-state index in [2.05, 4.69) is 10.2 Å². The topological polar surface area (TPSA) is 39.9 Å². The van der Waals surface area contributed by atoms with Crippen LogP contribution in [0.25, 0.3) is 5.69 Å².